The van der Waals surface area contributed by atoms with Crippen LogP contribution in [-0.4, -0.2) is 53.1 Å². The molecule has 0 radical (unpaired) electrons. The number of hydrogen-bond donors (Lipinski definition) is 2. The quantitative estimate of drug-likeness (QED) is 0.434. The Labute approximate surface area is 220 Å². The number of hydrogen-bond acceptors (Lipinski definition) is 7. The summed E-state index contributed by atoms with van der Waals surface area (Å²) >= 11 is 5.95. The Morgan fingerprint density at radius 1 is 1.19 bits per heavy atom. The third kappa shape index (κ3) is 4.79. The number of para-hydroxylation sites is 1. The van der Waals surface area contributed by atoms with E-state index in [1.807, 2.05) is 36.2 Å². The summed E-state index contributed by atoms with van der Waals surface area (Å²) in [5.74, 6) is -0.422. The van der Waals surface area contributed by atoms with Gasteiger partial charge in [0.2, 0.25) is 0 Å². The van der Waals surface area contributed by atoms with E-state index in [1.54, 1.807) is 24.4 Å². The van der Waals surface area contributed by atoms with E-state index in [0.717, 1.165) is 32.1 Å². The number of carbonyl (C=O) groups excluding carboxylic acids is 2. The van der Waals surface area contributed by atoms with Gasteiger partial charge in [-0.1, -0.05) is 49.1 Å². The number of anilines is 1. The first-order valence-electron chi connectivity index (χ1n) is 12.5. The van der Waals surface area contributed by atoms with Crippen molar-refractivity contribution in [3.63, 3.8) is 0 Å². The summed E-state index contributed by atoms with van der Waals surface area (Å²) in [5.41, 5.74) is 0.194. The predicted octanol–water partition coefficient (Wildman–Crippen LogP) is 4.97. The maximum absolute atomic E-state index is 14.3. The highest BCUT2D eigenvalue weighted by Gasteiger charge is 2.49. The number of nitrogens with one attached hydrogen (secondary N) is 1. The minimum absolute atomic E-state index is 0.0153. The molecule has 5 rings (SSSR count). The number of furan rings is 1. The van der Waals surface area contributed by atoms with Crippen LogP contribution in [0.3, 0.4) is 0 Å². The number of benzene rings is 1. The Hall–Kier alpha value is -3.49. The van der Waals surface area contributed by atoms with Crippen LogP contribution in [0.2, 0.25) is 5.02 Å². The highest BCUT2D eigenvalue weighted by atomic mass is 35.5. The number of Topliss-reactive ketones (excluding diaryl/α,β-unsaturated/α-hetero) is 1. The van der Waals surface area contributed by atoms with Crippen molar-refractivity contribution in [2.75, 3.05) is 25.5 Å². The maximum Gasteiger partial charge on any atom is 0.292 e. The molecule has 0 bridgehead atoms. The van der Waals surface area contributed by atoms with Gasteiger partial charge in [0.1, 0.15) is 11.4 Å². The van der Waals surface area contributed by atoms with E-state index in [4.69, 9.17) is 21.0 Å². The third-order valence-electron chi connectivity index (χ3n) is 7.14. The molecule has 1 saturated carbocycles. The first-order valence-corrected chi connectivity index (χ1v) is 12.9. The predicted molar refractivity (Wildman–Crippen MR) is 143 cm³/mol. The third-order valence-corrected chi connectivity index (χ3v) is 7.36. The molecule has 8 nitrogen and oxygen atoms in total. The molecule has 3 heterocycles. The van der Waals surface area contributed by atoms with Crippen molar-refractivity contribution in [2.45, 2.75) is 37.6 Å². The van der Waals surface area contributed by atoms with Crippen molar-refractivity contribution in [3.8, 4) is 0 Å². The lowest BCUT2D eigenvalue weighted by Crippen LogP contribution is -2.38. The van der Waals surface area contributed by atoms with E-state index in [-0.39, 0.29) is 24.1 Å². The van der Waals surface area contributed by atoms with E-state index >= 15 is 0 Å². The second-order valence-electron chi connectivity index (χ2n) is 9.56. The number of fused-ring (bicyclic) bond motifs is 1. The molecule has 1 aromatic carbocycles. The summed E-state index contributed by atoms with van der Waals surface area (Å²) in [6.45, 7) is 0.342. The van der Waals surface area contributed by atoms with Gasteiger partial charge in [0.25, 0.3) is 5.91 Å². The highest BCUT2D eigenvalue weighted by molar-refractivity contribution is 6.30. The first kappa shape index (κ1) is 25.2. The number of ketones is 1. The van der Waals surface area contributed by atoms with Crippen LogP contribution >= 0.6 is 11.6 Å². The summed E-state index contributed by atoms with van der Waals surface area (Å²) in [6.07, 6.45) is 9.57. The summed E-state index contributed by atoms with van der Waals surface area (Å²) in [6, 6.07) is 10.5. The lowest BCUT2D eigenvalue weighted by atomic mass is 9.74. The van der Waals surface area contributed by atoms with Crippen LogP contribution < -0.4 is 5.32 Å². The molecule has 9 heteroatoms. The lowest BCUT2D eigenvalue weighted by molar-refractivity contribution is -0.127. The van der Waals surface area contributed by atoms with Crippen LogP contribution in [0.1, 0.15) is 48.2 Å². The molecule has 1 aliphatic heterocycles. The molecule has 2 aromatic heterocycles. The van der Waals surface area contributed by atoms with Crippen molar-refractivity contribution in [2.24, 2.45) is 10.9 Å². The topological polar surface area (TPSA) is 108 Å². The number of aromatic nitrogens is 1. The number of amides is 1. The molecule has 1 amide bonds. The van der Waals surface area contributed by atoms with Crippen LogP contribution in [0, 0.1) is 5.92 Å². The molecule has 1 aliphatic carbocycles. The van der Waals surface area contributed by atoms with Crippen molar-refractivity contribution in [1.82, 2.24) is 9.88 Å². The van der Waals surface area contributed by atoms with Gasteiger partial charge in [-0.2, -0.15) is 0 Å². The second-order valence-corrected chi connectivity index (χ2v) is 9.99. The summed E-state index contributed by atoms with van der Waals surface area (Å²) in [4.78, 5) is 38.8. The fourth-order valence-corrected chi connectivity index (χ4v) is 5.33. The highest BCUT2D eigenvalue weighted by Crippen LogP contribution is 2.45. The van der Waals surface area contributed by atoms with Gasteiger partial charge in [-0.25, -0.2) is 4.98 Å². The average Bonchev–Trinajstić information content (AvgIpc) is 3.53. The van der Waals surface area contributed by atoms with Gasteiger partial charge in [0.05, 0.1) is 22.9 Å². The number of rotatable bonds is 8. The molecular formula is C28H29ClN4O4. The molecule has 2 aliphatic rings. The number of nitrogens with zero attached hydrogens (tertiary/aromatic N) is 3. The van der Waals surface area contributed by atoms with Crippen molar-refractivity contribution in [1.29, 1.82) is 0 Å². The van der Waals surface area contributed by atoms with Crippen LogP contribution in [0.15, 0.2) is 63.8 Å². The molecule has 1 unspecified atom stereocenters. The number of pyridine rings is 1. The van der Waals surface area contributed by atoms with E-state index in [9.17, 15) is 14.7 Å². The van der Waals surface area contributed by atoms with Crippen LogP contribution in [-0.2, 0) is 10.3 Å². The smallest absolute Gasteiger partial charge is 0.292 e. The Morgan fingerprint density at radius 2 is 1.97 bits per heavy atom. The average molecular weight is 521 g/mol. The zero-order valence-corrected chi connectivity index (χ0v) is 21.4. The summed E-state index contributed by atoms with van der Waals surface area (Å²) in [5, 5.41) is 13.3. The second kappa shape index (κ2) is 10.5. The molecule has 2 N–H and O–H groups in total. The van der Waals surface area contributed by atoms with Crippen molar-refractivity contribution >= 4 is 46.3 Å². The molecule has 3 aromatic rings. The van der Waals surface area contributed by atoms with Gasteiger partial charge >= 0.3 is 0 Å². The molecular weight excluding hydrogens is 492 g/mol. The molecule has 0 spiro atoms. The number of likely N-dealkylation sites (N-methyl/N-ethyl adjacent to an activating group) is 1. The molecule has 0 saturated heterocycles. The normalized spacial score (nSPS) is 19.7. The zero-order chi connectivity index (χ0) is 26.0. The minimum Gasteiger partial charge on any atom is -0.450 e. The van der Waals surface area contributed by atoms with Crippen molar-refractivity contribution in [3.05, 3.63) is 70.7 Å². The number of carbonyl (C=O) groups is 2. The maximum atomic E-state index is 14.3. The Bertz CT molecular complexity index is 1370. The number of aliphatic hydroxyl groups excluding tert-OH is 1. The summed E-state index contributed by atoms with van der Waals surface area (Å²) < 4.78 is 6.10. The van der Waals surface area contributed by atoms with Crippen LogP contribution in [0.4, 0.5) is 5.82 Å². The van der Waals surface area contributed by atoms with Gasteiger partial charge in [-0.3, -0.25) is 14.6 Å². The van der Waals surface area contributed by atoms with Crippen molar-refractivity contribution < 1.29 is 19.1 Å². The van der Waals surface area contributed by atoms with Gasteiger partial charge < -0.3 is 19.7 Å². The lowest BCUT2D eigenvalue weighted by Gasteiger charge is -2.30. The molecule has 1 atom stereocenters. The Balaban J connectivity index is 1.66. The minimum atomic E-state index is -1.42. The first-order chi connectivity index (χ1) is 17.9. The molecule has 1 fully saturated rings. The van der Waals surface area contributed by atoms with Crippen LogP contribution in [0.5, 0.6) is 0 Å². The van der Waals surface area contributed by atoms with E-state index in [1.165, 1.54) is 6.20 Å². The van der Waals surface area contributed by atoms with E-state index in [0.29, 0.717) is 39.6 Å². The molecule has 192 valence electrons. The number of allylic oxidation sites excluding steroid dienone is 1. The van der Waals surface area contributed by atoms with Gasteiger partial charge in [-0.15, -0.1) is 0 Å². The fraction of sp³-hybridized carbons (Fsp3) is 0.357. The van der Waals surface area contributed by atoms with Crippen LogP contribution in [0.25, 0.3) is 11.0 Å². The largest absolute Gasteiger partial charge is 0.450 e. The van der Waals surface area contributed by atoms with Gasteiger partial charge in [0, 0.05) is 37.3 Å². The summed E-state index contributed by atoms with van der Waals surface area (Å²) in [7, 11) is 1.84. The fourth-order valence-electron chi connectivity index (χ4n) is 5.22. The number of halogens is 1. The van der Waals surface area contributed by atoms with Gasteiger partial charge in [-0.05, 0) is 37.1 Å². The Morgan fingerprint density at radius 3 is 2.70 bits per heavy atom. The zero-order valence-electron chi connectivity index (χ0n) is 20.6. The molecule has 37 heavy (non-hydrogen) atoms. The van der Waals surface area contributed by atoms with E-state index < -0.39 is 11.4 Å². The van der Waals surface area contributed by atoms with E-state index in [2.05, 4.69) is 10.3 Å². The number of aliphatic imine (C=N–C) groups is 1. The number of aliphatic hydroxyl groups is 1. The monoisotopic (exact) mass is 520 g/mol. The standard InChI is InChI=1S/C28H29ClN4O4/c1-33(13-14-34)20-15-28(31-17-20,26(35)18-7-3-2-4-8-18)24-21-9-5-6-10-22(21)37-25(24)27(36)32-23-12-11-19(29)16-30-23/h5-6,9-12,15-18,34H,2-4,7-8,13-14H2,1H3,(H,30,32,36). The van der Waals surface area contributed by atoms with Gasteiger partial charge in [0.15, 0.2) is 17.1 Å². The Kier molecular flexibility index (Phi) is 7.13. The SMILES string of the molecule is CN(CCO)C1=CC(C(=O)C2CCCCC2)(c2c(C(=O)Nc3ccc(Cl)cn3)oc3ccccc23)N=C1.